The summed E-state index contributed by atoms with van der Waals surface area (Å²) in [5.41, 5.74) is 7.72. The zero-order valence-electron chi connectivity index (χ0n) is 16.2. The molecule has 1 unspecified atom stereocenters. The van der Waals surface area contributed by atoms with E-state index >= 15 is 0 Å². The van der Waals surface area contributed by atoms with Crippen LogP contribution in [0.2, 0.25) is 0 Å². The summed E-state index contributed by atoms with van der Waals surface area (Å²) < 4.78 is 7.96. The number of hydrogen-bond acceptors (Lipinski definition) is 7. The lowest BCUT2D eigenvalue weighted by molar-refractivity contribution is -0.0527. The van der Waals surface area contributed by atoms with E-state index < -0.39 is 31.4 Å². The summed E-state index contributed by atoms with van der Waals surface area (Å²) in [6, 6.07) is 1.70. The van der Waals surface area contributed by atoms with Crippen LogP contribution in [0.4, 0.5) is 5.69 Å². The van der Waals surface area contributed by atoms with Crippen LogP contribution in [-0.4, -0.2) is 74.6 Å². The standard InChI is InChI=1S/C18H29N4O3PS/c1-6-27-18-21-12-11(19)7-8-20-16(12)22(18)17-14(24)13(23)15(25-17)10(2)9-26(3,4)5/h7-8,10,13-15,17,23-24H,3,6,9H2,1-2,4-5H3,(H2,19,20)/t10?,13-,14+,15+,17+/m0/s1. The quantitative estimate of drug-likeness (QED) is 0.493. The van der Waals surface area contributed by atoms with Gasteiger partial charge in [0.25, 0.3) is 0 Å². The summed E-state index contributed by atoms with van der Waals surface area (Å²) in [5.74, 6) is 0.879. The fraction of sp³-hybridized carbons (Fsp3) is 0.611. The highest BCUT2D eigenvalue weighted by atomic mass is 32.2. The lowest BCUT2D eigenvalue weighted by Crippen LogP contribution is -2.36. The molecule has 0 amide bonds. The number of aliphatic hydroxyl groups is 2. The van der Waals surface area contributed by atoms with Crippen LogP contribution in [0.25, 0.3) is 11.2 Å². The fourth-order valence-electron chi connectivity index (χ4n) is 3.70. The molecule has 1 aliphatic heterocycles. The van der Waals surface area contributed by atoms with Crippen molar-refractivity contribution in [1.29, 1.82) is 0 Å². The second-order valence-electron chi connectivity index (χ2n) is 7.84. The Balaban J connectivity index is 2.00. The summed E-state index contributed by atoms with van der Waals surface area (Å²) in [7, 11) is 0. The number of nitrogens with zero attached hydrogens (tertiary/aromatic N) is 3. The molecule has 1 aliphatic rings. The molecule has 150 valence electrons. The molecule has 7 nitrogen and oxygen atoms in total. The average Bonchev–Trinajstić information content (AvgIpc) is 3.06. The van der Waals surface area contributed by atoms with Crippen molar-refractivity contribution in [3.63, 3.8) is 0 Å². The van der Waals surface area contributed by atoms with Gasteiger partial charge in [-0.2, -0.15) is 0 Å². The van der Waals surface area contributed by atoms with E-state index in [1.54, 1.807) is 16.8 Å². The third-order valence-electron chi connectivity index (χ3n) is 4.72. The number of nitrogen functional groups attached to an aromatic ring is 1. The van der Waals surface area contributed by atoms with Gasteiger partial charge in [-0.3, -0.25) is 4.57 Å². The lowest BCUT2D eigenvalue weighted by atomic mass is 10.0. The average molecular weight is 412 g/mol. The zero-order valence-corrected chi connectivity index (χ0v) is 18.0. The number of rotatable bonds is 6. The minimum atomic E-state index is -1.29. The molecular formula is C18H29N4O3PS. The zero-order chi connectivity index (χ0) is 19.9. The first-order valence-electron chi connectivity index (χ1n) is 9.08. The minimum absolute atomic E-state index is 0.0792. The van der Waals surface area contributed by atoms with Crippen LogP contribution in [-0.2, 0) is 4.74 Å². The van der Waals surface area contributed by atoms with Gasteiger partial charge in [-0.05, 0) is 37.2 Å². The molecule has 2 aromatic rings. The van der Waals surface area contributed by atoms with E-state index in [2.05, 4.69) is 29.6 Å². The number of fused-ring (bicyclic) bond motifs is 1. The Morgan fingerprint density at radius 3 is 2.74 bits per heavy atom. The van der Waals surface area contributed by atoms with Gasteiger partial charge in [-0.1, -0.05) is 25.6 Å². The number of hydrogen-bond donors (Lipinski definition) is 3. The Labute approximate surface area is 164 Å². The van der Waals surface area contributed by atoms with Crippen LogP contribution >= 0.6 is 18.6 Å². The molecule has 27 heavy (non-hydrogen) atoms. The molecule has 3 heterocycles. The van der Waals surface area contributed by atoms with E-state index in [4.69, 9.17) is 10.5 Å². The molecule has 2 aromatic heterocycles. The van der Waals surface area contributed by atoms with Gasteiger partial charge in [0.05, 0.1) is 11.8 Å². The van der Waals surface area contributed by atoms with E-state index in [9.17, 15) is 10.2 Å². The molecule has 1 fully saturated rings. The summed E-state index contributed by atoms with van der Waals surface area (Å²) >= 11 is 1.53. The van der Waals surface area contributed by atoms with E-state index in [1.165, 1.54) is 11.8 Å². The van der Waals surface area contributed by atoms with E-state index in [0.717, 1.165) is 11.9 Å². The van der Waals surface area contributed by atoms with E-state index in [0.29, 0.717) is 22.0 Å². The second kappa shape index (κ2) is 7.76. The van der Waals surface area contributed by atoms with Crippen molar-refractivity contribution >= 4 is 41.8 Å². The van der Waals surface area contributed by atoms with Crippen LogP contribution in [0.3, 0.4) is 0 Å². The molecule has 0 bridgehead atoms. The van der Waals surface area contributed by atoms with Crippen LogP contribution < -0.4 is 5.73 Å². The maximum absolute atomic E-state index is 10.8. The number of aliphatic hydroxyl groups excluding tert-OH is 2. The van der Waals surface area contributed by atoms with E-state index in [1.807, 2.05) is 13.8 Å². The Morgan fingerprint density at radius 1 is 1.41 bits per heavy atom. The summed E-state index contributed by atoms with van der Waals surface area (Å²) in [6.07, 6.45) is 3.47. The van der Waals surface area contributed by atoms with Crippen molar-refractivity contribution in [3.8, 4) is 0 Å². The maximum atomic E-state index is 10.8. The molecule has 5 atom stereocenters. The molecule has 3 rings (SSSR count). The van der Waals surface area contributed by atoms with Crippen LogP contribution in [0.5, 0.6) is 0 Å². The highest BCUT2D eigenvalue weighted by molar-refractivity contribution is 7.99. The highest BCUT2D eigenvalue weighted by Crippen LogP contribution is 2.43. The number of thioether (sulfide) groups is 1. The van der Waals surface area contributed by atoms with Crippen molar-refractivity contribution < 1.29 is 14.9 Å². The first-order valence-corrected chi connectivity index (χ1v) is 13.1. The number of pyridine rings is 1. The lowest BCUT2D eigenvalue weighted by Gasteiger charge is -2.26. The smallest absolute Gasteiger partial charge is 0.172 e. The minimum Gasteiger partial charge on any atom is -0.397 e. The summed E-state index contributed by atoms with van der Waals surface area (Å²) in [6.45, 7) is 7.09. The highest BCUT2D eigenvalue weighted by Gasteiger charge is 2.47. The summed E-state index contributed by atoms with van der Waals surface area (Å²) in [5, 5.41) is 22.1. The molecule has 0 saturated carbocycles. The second-order valence-corrected chi connectivity index (χ2v) is 13.3. The van der Waals surface area contributed by atoms with Gasteiger partial charge < -0.3 is 20.7 Å². The van der Waals surface area contributed by atoms with Crippen LogP contribution in [0.1, 0.15) is 20.1 Å². The predicted octanol–water partition coefficient (Wildman–Crippen LogP) is 2.09. The molecule has 1 saturated heterocycles. The van der Waals surface area contributed by atoms with E-state index in [-0.39, 0.29) is 5.92 Å². The van der Waals surface area contributed by atoms with Crippen molar-refractivity contribution in [3.05, 3.63) is 12.3 Å². The van der Waals surface area contributed by atoms with Gasteiger partial charge in [-0.15, -0.1) is 13.2 Å². The normalized spacial score (nSPS) is 27.3. The van der Waals surface area contributed by atoms with Gasteiger partial charge in [0.1, 0.15) is 17.7 Å². The molecule has 4 N–H and O–H groups in total. The third kappa shape index (κ3) is 4.05. The topological polar surface area (TPSA) is 106 Å². The molecule has 0 spiro atoms. The SMILES string of the molecule is C=P(C)(C)CC(C)[C@H]1O[C@@H](n2c(SCC)nc3c(N)ccnc32)[C@H](O)[C@@H]1O. The third-order valence-corrected chi connectivity index (χ3v) is 7.12. The monoisotopic (exact) mass is 412 g/mol. The van der Waals surface area contributed by atoms with Crippen molar-refractivity contribution in [1.82, 2.24) is 14.5 Å². The van der Waals surface area contributed by atoms with Crippen LogP contribution in [0.15, 0.2) is 17.4 Å². The molecule has 0 aromatic carbocycles. The maximum Gasteiger partial charge on any atom is 0.172 e. The van der Waals surface area contributed by atoms with Gasteiger partial charge >= 0.3 is 0 Å². The number of nitrogens with two attached hydrogens (primary N) is 1. The number of aromatic nitrogens is 3. The summed E-state index contributed by atoms with van der Waals surface area (Å²) in [4.78, 5) is 9.00. The number of imidazole rings is 1. The van der Waals surface area contributed by atoms with Gasteiger partial charge in [0.2, 0.25) is 0 Å². The first kappa shape index (κ1) is 20.7. The molecule has 9 heteroatoms. The van der Waals surface area contributed by atoms with Crippen molar-refractivity contribution in [2.24, 2.45) is 5.92 Å². The molecule has 0 radical (unpaired) electrons. The number of ether oxygens (including phenoxy) is 1. The Morgan fingerprint density at radius 2 is 2.11 bits per heavy atom. The first-order chi connectivity index (χ1) is 12.6. The Bertz CT molecular complexity index is 868. The van der Waals surface area contributed by atoms with Gasteiger partial charge in [0, 0.05) is 6.20 Å². The van der Waals surface area contributed by atoms with Crippen molar-refractivity contribution in [2.45, 2.75) is 43.5 Å². The van der Waals surface area contributed by atoms with Crippen molar-refractivity contribution in [2.75, 3.05) is 31.0 Å². The number of anilines is 1. The van der Waals surface area contributed by atoms with Gasteiger partial charge in [0.15, 0.2) is 17.0 Å². The molecular weight excluding hydrogens is 383 g/mol. The van der Waals surface area contributed by atoms with Crippen LogP contribution in [0, 0.1) is 5.92 Å². The van der Waals surface area contributed by atoms with Gasteiger partial charge in [-0.25, -0.2) is 9.97 Å². The molecule has 0 aliphatic carbocycles. The largest absolute Gasteiger partial charge is 0.397 e. The Hall–Kier alpha value is -1.05. The predicted molar refractivity (Wildman–Crippen MR) is 114 cm³/mol. The Kier molecular flexibility index (Phi) is 5.94. The fourth-order valence-corrected chi connectivity index (χ4v) is 6.21.